The molecule has 0 spiro atoms. The zero-order chi connectivity index (χ0) is 12.4. The summed E-state index contributed by atoms with van der Waals surface area (Å²) in [5.41, 5.74) is 3.48. The second kappa shape index (κ2) is 5.02. The van der Waals surface area contributed by atoms with E-state index in [0.717, 1.165) is 19.8 Å². The molecule has 1 fully saturated rings. The van der Waals surface area contributed by atoms with Crippen molar-refractivity contribution >= 4 is 0 Å². The third-order valence-electron chi connectivity index (χ3n) is 4.61. The molecule has 1 unspecified atom stereocenters. The SMILES string of the molecule is CC1(CNC2CCc3ccccc32)CCOCC1. The van der Waals surface area contributed by atoms with Crippen LogP contribution in [0.15, 0.2) is 24.3 Å². The lowest BCUT2D eigenvalue weighted by Crippen LogP contribution is -2.37. The van der Waals surface area contributed by atoms with Gasteiger partial charge >= 0.3 is 0 Å². The van der Waals surface area contributed by atoms with Crippen LogP contribution in [0.3, 0.4) is 0 Å². The molecule has 3 rings (SSSR count). The van der Waals surface area contributed by atoms with E-state index >= 15 is 0 Å². The van der Waals surface area contributed by atoms with Crippen LogP contribution in [-0.2, 0) is 11.2 Å². The molecule has 2 nitrogen and oxygen atoms in total. The Morgan fingerprint density at radius 3 is 2.89 bits per heavy atom. The molecule has 1 aliphatic carbocycles. The first-order valence-corrected chi connectivity index (χ1v) is 7.16. The summed E-state index contributed by atoms with van der Waals surface area (Å²) >= 11 is 0. The number of hydrogen-bond donors (Lipinski definition) is 1. The highest BCUT2D eigenvalue weighted by molar-refractivity contribution is 5.34. The van der Waals surface area contributed by atoms with Gasteiger partial charge in [0, 0.05) is 25.8 Å². The molecule has 1 atom stereocenters. The maximum Gasteiger partial charge on any atom is 0.0471 e. The van der Waals surface area contributed by atoms with E-state index in [-0.39, 0.29) is 0 Å². The molecule has 1 N–H and O–H groups in total. The smallest absolute Gasteiger partial charge is 0.0471 e. The van der Waals surface area contributed by atoms with Crippen molar-refractivity contribution in [2.24, 2.45) is 5.41 Å². The second-order valence-corrected chi connectivity index (χ2v) is 6.09. The van der Waals surface area contributed by atoms with Gasteiger partial charge in [-0.05, 0) is 42.2 Å². The number of hydrogen-bond acceptors (Lipinski definition) is 2. The number of rotatable bonds is 3. The van der Waals surface area contributed by atoms with Crippen molar-refractivity contribution < 1.29 is 4.74 Å². The van der Waals surface area contributed by atoms with Gasteiger partial charge in [-0.2, -0.15) is 0 Å². The van der Waals surface area contributed by atoms with Crippen LogP contribution < -0.4 is 5.32 Å². The molecular weight excluding hydrogens is 222 g/mol. The fourth-order valence-corrected chi connectivity index (χ4v) is 3.18. The van der Waals surface area contributed by atoms with E-state index in [0.29, 0.717) is 11.5 Å². The highest BCUT2D eigenvalue weighted by Gasteiger charge is 2.29. The van der Waals surface area contributed by atoms with Crippen LogP contribution in [0.1, 0.15) is 43.4 Å². The van der Waals surface area contributed by atoms with Gasteiger partial charge in [-0.3, -0.25) is 0 Å². The zero-order valence-corrected chi connectivity index (χ0v) is 11.2. The van der Waals surface area contributed by atoms with Crippen molar-refractivity contribution in [3.05, 3.63) is 35.4 Å². The standard InChI is InChI=1S/C16H23NO/c1-16(8-10-18-11-9-16)12-17-15-7-6-13-4-2-3-5-14(13)15/h2-5,15,17H,6-12H2,1H3. The maximum atomic E-state index is 5.47. The monoisotopic (exact) mass is 245 g/mol. The largest absolute Gasteiger partial charge is 0.381 e. The summed E-state index contributed by atoms with van der Waals surface area (Å²) in [7, 11) is 0. The predicted molar refractivity (Wildman–Crippen MR) is 73.7 cm³/mol. The Bertz CT molecular complexity index is 409. The molecule has 1 aromatic rings. The molecule has 0 bridgehead atoms. The lowest BCUT2D eigenvalue weighted by molar-refractivity contribution is 0.0229. The Hall–Kier alpha value is -0.860. The number of ether oxygens (including phenoxy) is 1. The van der Waals surface area contributed by atoms with Gasteiger partial charge in [0.25, 0.3) is 0 Å². The number of aryl methyl sites for hydroxylation is 1. The first kappa shape index (κ1) is 12.2. The molecule has 2 aliphatic rings. The Kier molecular flexibility index (Phi) is 3.40. The van der Waals surface area contributed by atoms with E-state index in [9.17, 15) is 0 Å². The third kappa shape index (κ3) is 2.45. The highest BCUT2D eigenvalue weighted by atomic mass is 16.5. The minimum Gasteiger partial charge on any atom is -0.381 e. The summed E-state index contributed by atoms with van der Waals surface area (Å²) in [5.74, 6) is 0. The van der Waals surface area contributed by atoms with E-state index in [4.69, 9.17) is 4.74 Å². The number of benzene rings is 1. The normalized spacial score (nSPS) is 25.9. The average Bonchev–Trinajstić information content (AvgIpc) is 2.81. The summed E-state index contributed by atoms with van der Waals surface area (Å²) in [4.78, 5) is 0. The van der Waals surface area contributed by atoms with E-state index in [1.165, 1.54) is 36.8 Å². The van der Waals surface area contributed by atoms with Gasteiger partial charge < -0.3 is 10.1 Å². The summed E-state index contributed by atoms with van der Waals surface area (Å²) in [6.45, 7) is 5.37. The number of fused-ring (bicyclic) bond motifs is 1. The molecule has 98 valence electrons. The molecule has 1 aliphatic heterocycles. The molecule has 0 saturated carbocycles. The van der Waals surface area contributed by atoms with Crippen LogP contribution in [-0.4, -0.2) is 19.8 Å². The Labute approximate surface area is 110 Å². The van der Waals surface area contributed by atoms with Crippen LogP contribution in [0, 0.1) is 5.41 Å². The van der Waals surface area contributed by atoms with Gasteiger partial charge in [0.1, 0.15) is 0 Å². The fourth-order valence-electron chi connectivity index (χ4n) is 3.18. The molecule has 0 radical (unpaired) electrons. The van der Waals surface area contributed by atoms with Gasteiger partial charge in [-0.25, -0.2) is 0 Å². The van der Waals surface area contributed by atoms with Crippen molar-refractivity contribution in [1.82, 2.24) is 5.32 Å². The van der Waals surface area contributed by atoms with E-state index in [1.807, 2.05) is 0 Å². The Balaban J connectivity index is 1.61. The summed E-state index contributed by atoms with van der Waals surface area (Å²) < 4.78 is 5.47. The van der Waals surface area contributed by atoms with Crippen LogP contribution in [0.5, 0.6) is 0 Å². The van der Waals surface area contributed by atoms with Crippen molar-refractivity contribution in [3.8, 4) is 0 Å². The first-order valence-electron chi connectivity index (χ1n) is 7.16. The quantitative estimate of drug-likeness (QED) is 0.883. The van der Waals surface area contributed by atoms with E-state index < -0.39 is 0 Å². The van der Waals surface area contributed by atoms with E-state index in [2.05, 4.69) is 36.5 Å². The molecule has 1 heterocycles. The van der Waals surface area contributed by atoms with Crippen LogP contribution in [0.4, 0.5) is 0 Å². The molecule has 0 aromatic heterocycles. The molecule has 18 heavy (non-hydrogen) atoms. The Morgan fingerprint density at radius 1 is 1.28 bits per heavy atom. The van der Waals surface area contributed by atoms with Gasteiger partial charge in [0.15, 0.2) is 0 Å². The predicted octanol–water partition coefficient (Wildman–Crippen LogP) is 3.08. The van der Waals surface area contributed by atoms with Crippen LogP contribution in [0.2, 0.25) is 0 Å². The van der Waals surface area contributed by atoms with Gasteiger partial charge in [-0.1, -0.05) is 31.2 Å². The first-order chi connectivity index (χ1) is 8.77. The molecule has 1 aromatic carbocycles. The van der Waals surface area contributed by atoms with Crippen LogP contribution >= 0.6 is 0 Å². The lowest BCUT2D eigenvalue weighted by Gasteiger charge is -2.34. The van der Waals surface area contributed by atoms with Crippen molar-refractivity contribution in [3.63, 3.8) is 0 Å². The summed E-state index contributed by atoms with van der Waals surface area (Å²) in [5, 5.41) is 3.79. The molecule has 1 saturated heterocycles. The fraction of sp³-hybridized carbons (Fsp3) is 0.625. The van der Waals surface area contributed by atoms with Gasteiger partial charge in [-0.15, -0.1) is 0 Å². The molecular formula is C16H23NO. The lowest BCUT2D eigenvalue weighted by atomic mass is 9.82. The van der Waals surface area contributed by atoms with Gasteiger partial charge in [0.05, 0.1) is 0 Å². The van der Waals surface area contributed by atoms with Crippen LogP contribution in [0.25, 0.3) is 0 Å². The second-order valence-electron chi connectivity index (χ2n) is 6.09. The van der Waals surface area contributed by atoms with Crippen molar-refractivity contribution in [2.45, 2.75) is 38.6 Å². The van der Waals surface area contributed by atoms with E-state index in [1.54, 1.807) is 0 Å². The number of nitrogens with one attached hydrogen (secondary N) is 1. The maximum absolute atomic E-state index is 5.47. The highest BCUT2D eigenvalue weighted by Crippen LogP contribution is 2.33. The zero-order valence-electron chi connectivity index (χ0n) is 11.2. The summed E-state index contributed by atoms with van der Waals surface area (Å²) in [6, 6.07) is 9.44. The molecule has 2 heteroatoms. The third-order valence-corrected chi connectivity index (χ3v) is 4.61. The Morgan fingerprint density at radius 2 is 2.06 bits per heavy atom. The topological polar surface area (TPSA) is 21.3 Å². The van der Waals surface area contributed by atoms with Crippen molar-refractivity contribution in [2.75, 3.05) is 19.8 Å². The minimum atomic E-state index is 0.426. The summed E-state index contributed by atoms with van der Waals surface area (Å²) in [6.07, 6.45) is 4.86. The van der Waals surface area contributed by atoms with Gasteiger partial charge in [0.2, 0.25) is 0 Å². The average molecular weight is 245 g/mol. The van der Waals surface area contributed by atoms with Crippen molar-refractivity contribution in [1.29, 1.82) is 0 Å². The minimum absolute atomic E-state index is 0.426. The molecule has 0 amide bonds.